The van der Waals surface area contributed by atoms with Gasteiger partial charge in [0.15, 0.2) is 0 Å². The smallest absolute Gasteiger partial charge is 0.115 e. The lowest BCUT2D eigenvalue weighted by molar-refractivity contribution is 0.156. The molecule has 1 atom stereocenters. The van der Waals surface area contributed by atoms with E-state index in [0.29, 0.717) is 12.1 Å². The molecular formula is C11H12N2O2. The average molecular weight is 204 g/mol. The quantitative estimate of drug-likeness (QED) is 0.792. The van der Waals surface area contributed by atoms with Crippen molar-refractivity contribution in [3.8, 4) is 5.75 Å². The zero-order chi connectivity index (χ0) is 10.7. The lowest BCUT2D eigenvalue weighted by atomic mass is 10.1. The summed E-state index contributed by atoms with van der Waals surface area (Å²) in [5.41, 5.74) is 0.698. The summed E-state index contributed by atoms with van der Waals surface area (Å²) in [5, 5.41) is 19.1. The van der Waals surface area contributed by atoms with E-state index in [0.717, 1.165) is 0 Å². The summed E-state index contributed by atoms with van der Waals surface area (Å²) in [6.45, 7) is 0.434. The van der Waals surface area contributed by atoms with Gasteiger partial charge in [-0.05, 0) is 17.7 Å². The molecule has 0 bridgehead atoms. The van der Waals surface area contributed by atoms with Gasteiger partial charge >= 0.3 is 0 Å². The number of imidazole rings is 1. The molecule has 2 rings (SSSR count). The maximum Gasteiger partial charge on any atom is 0.115 e. The molecule has 0 amide bonds. The van der Waals surface area contributed by atoms with Gasteiger partial charge in [-0.25, -0.2) is 4.98 Å². The van der Waals surface area contributed by atoms with Crippen molar-refractivity contribution in [2.45, 2.75) is 12.6 Å². The third kappa shape index (κ3) is 2.35. The number of aliphatic hydroxyl groups excluding tert-OH is 1. The molecule has 0 spiro atoms. The molecule has 0 aliphatic rings. The van der Waals surface area contributed by atoms with E-state index in [-0.39, 0.29) is 5.75 Å². The third-order valence-electron chi connectivity index (χ3n) is 2.20. The van der Waals surface area contributed by atoms with E-state index in [9.17, 15) is 10.2 Å². The van der Waals surface area contributed by atoms with E-state index in [1.807, 2.05) is 0 Å². The standard InChI is InChI=1S/C11H12N2O2/c14-10-3-1-2-9(6-10)11(15)7-13-5-4-12-8-13/h1-6,8,11,14-15H,7H2. The fourth-order valence-corrected chi connectivity index (χ4v) is 1.43. The van der Waals surface area contributed by atoms with E-state index in [1.54, 1.807) is 47.6 Å². The predicted octanol–water partition coefficient (Wildman–Crippen LogP) is 1.32. The molecule has 15 heavy (non-hydrogen) atoms. The summed E-state index contributed by atoms with van der Waals surface area (Å²) in [5.74, 6) is 0.164. The van der Waals surface area contributed by atoms with E-state index in [2.05, 4.69) is 4.98 Å². The first kappa shape index (κ1) is 9.73. The molecular weight excluding hydrogens is 192 g/mol. The van der Waals surface area contributed by atoms with Crippen LogP contribution in [0.25, 0.3) is 0 Å². The van der Waals surface area contributed by atoms with Gasteiger partial charge in [-0.2, -0.15) is 0 Å². The Hall–Kier alpha value is -1.81. The van der Waals surface area contributed by atoms with Crippen molar-refractivity contribution < 1.29 is 10.2 Å². The summed E-state index contributed by atoms with van der Waals surface area (Å²) in [6.07, 6.45) is 4.46. The van der Waals surface area contributed by atoms with Gasteiger partial charge in [-0.15, -0.1) is 0 Å². The molecule has 0 saturated heterocycles. The monoisotopic (exact) mass is 204 g/mol. The summed E-state index contributed by atoms with van der Waals surface area (Å²) in [4.78, 5) is 3.89. The average Bonchev–Trinajstić information content (AvgIpc) is 2.70. The van der Waals surface area contributed by atoms with Gasteiger partial charge < -0.3 is 14.8 Å². The molecule has 1 heterocycles. The fourth-order valence-electron chi connectivity index (χ4n) is 1.43. The Morgan fingerprint density at radius 1 is 1.40 bits per heavy atom. The minimum atomic E-state index is -0.633. The first-order valence-corrected chi connectivity index (χ1v) is 4.68. The molecule has 4 nitrogen and oxygen atoms in total. The SMILES string of the molecule is Oc1cccc(C(O)Cn2ccnc2)c1. The van der Waals surface area contributed by atoms with Gasteiger partial charge in [-0.3, -0.25) is 0 Å². The van der Waals surface area contributed by atoms with Crippen LogP contribution in [0, 0.1) is 0 Å². The number of phenols is 1. The molecule has 4 heteroatoms. The van der Waals surface area contributed by atoms with Crippen molar-refractivity contribution in [1.82, 2.24) is 9.55 Å². The Labute approximate surface area is 87.4 Å². The molecule has 1 unspecified atom stereocenters. The summed E-state index contributed by atoms with van der Waals surface area (Å²) >= 11 is 0. The minimum Gasteiger partial charge on any atom is -0.508 e. The van der Waals surface area contributed by atoms with Crippen LogP contribution in [-0.2, 0) is 6.54 Å². The summed E-state index contributed by atoms with van der Waals surface area (Å²) < 4.78 is 1.79. The number of hydrogen-bond acceptors (Lipinski definition) is 3. The molecule has 78 valence electrons. The molecule has 0 aliphatic heterocycles. The number of aromatic hydroxyl groups is 1. The summed E-state index contributed by atoms with van der Waals surface area (Å²) in [7, 11) is 0. The number of nitrogens with zero attached hydrogens (tertiary/aromatic N) is 2. The Kier molecular flexibility index (Phi) is 2.69. The van der Waals surface area contributed by atoms with Crippen LogP contribution >= 0.6 is 0 Å². The van der Waals surface area contributed by atoms with Crippen LogP contribution in [0.3, 0.4) is 0 Å². The molecule has 0 saturated carbocycles. The maximum atomic E-state index is 9.86. The molecule has 0 aliphatic carbocycles. The number of aromatic nitrogens is 2. The second kappa shape index (κ2) is 4.14. The first-order chi connectivity index (χ1) is 7.25. The van der Waals surface area contributed by atoms with Crippen molar-refractivity contribution in [2.75, 3.05) is 0 Å². The highest BCUT2D eigenvalue weighted by molar-refractivity contribution is 5.28. The Morgan fingerprint density at radius 2 is 2.27 bits per heavy atom. The zero-order valence-corrected chi connectivity index (χ0v) is 8.11. The van der Waals surface area contributed by atoms with Gasteiger partial charge in [0.25, 0.3) is 0 Å². The van der Waals surface area contributed by atoms with Crippen LogP contribution in [-0.4, -0.2) is 19.8 Å². The Bertz CT molecular complexity index is 426. The number of hydrogen-bond donors (Lipinski definition) is 2. The minimum absolute atomic E-state index is 0.164. The van der Waals surface area contributed by atoms with Crippen LogP contribution in [0.15, 0.2) is 43.0 Å². The number of aliphatic hydroxyl groups is 1. The molecule has 0 fully saturated rings. The van der Waals surface area contributed by atoms with Crippen LogP contribution in [0.1, 0.15) is 11.7 Å². The van der Waals surface area contributed by atoms with Crippen molar-refractivity contribution in [3.63, 3.8) is 0 Å². The predicted molar refractivity (Wildman–Crippen MR) is 55.3 cm³/mol. The van der Waals surface area contributed by atoms with Crippen LogP contribution in [0.2, 0.25) is 0 Å². The van der Waals surface area contributed by atoms with Crippen molar-refractivity contribution in [3.05, 3.63) is 48.5 Å². The second-order valence-corrected chi connectivity index (χ2v) is 3.37. The molecule has 0 radical (unpaired) electrons. The molecule has 2 N–H and O–H groups in total. The van der Waals surface area contributed by atoms with E-state index < -0.39 is 6.10 Å². The molecule has 2 aromatic rings. The number of rotatable bonds is 3. The topological polar surface area (TPSA) is 58.3 Å². The second-order valence-electron chi connectivity index (χ2n) is 3.37. The lowest BCUT2D eigenvalue weighted by Gasteiger charge is -2.11. The van der Waals surface area contributed by atoms with Crippen molar-refractivity contribution in [2.24, 2.45) is 0 Å². The van der Waals surface area contributed by atoms with Crippen LogP contribution < -0.4 is 0 Å². The fraction of sp³-hybridized carbons (Fsp3) is 0.182. The molecule has 1 aromatic heterocycles. The highest BCUT2D eigenvalue weighted by atomic mass is 16.3. The van der Waals surface area contributed by atoms with Gasteiger partial charge in [0.05, 0.1) is 19.0 Å². The normalized spacial score (nSPS) is 12.6. The highest BCUT2D eigenvalue weighted by Crippen LogP contribution is 2.19. The van der Waals surface area contributed by atoms with Crippen molar-refractivity contribution in [1.29, 1.82) is 0 Å². The third-order valence-corrected chi connectivity index (χ3v) is 2.20. The molecule has 1 aromatic carbocycles. The zero-order valence-electron chi connectivity index (χ0n) is 8.11. The lowest BCUT2D eigenvalue weighted by Crippen LogP contribution is -2.06. The Balaban J connectivity index is 2.11. The highest BCUT2D eigenvalue weighted by Gasteiger charge is 2.08. The van der Waals surface area contributed by atoms with E-state index in [4.69, 9.17) is 0 Å². The van der Waals surface area contributed by atoms with E-state index >= 15 is 0 Å². The van der Waals surface area contributed by atoms with Gasteiger partial charge in [-0.1, -0.05) is 12.1 Å². The number of phenolic OH excluding ortho intramolecular Hbond substituents is 1. The van der Waals surface area contributed by atoms with Crippen LogP contribution in [0.4, 0.5) is 0 Å². The van der Waals surface area contributed by atoms with Gasteiger partial charge in [0.1, 0.15) is 5.75 Å². The van der Waals surface area contributed by atoms with Crippen molar-refractivity contribution >= 4 is 0 Å². The summed E-state index contributed by atoms with van der Waals surface area (Å²) in [6, 6.07) is 6.62. The first-order valence-electron chi connectivity index (χ1n) is 4.68. The Morgan fingerprint density at radius 3 is 2.93 bits per heavy atom. The van der Waals surface area contributed by atoms with Gasteiger partial charge in [0.2, 0.25) is 0 Å². The largest absolute Gasteiger partial charge is 0.508 e. The van der Waals surface area contributed by atoms with Gasteiger partial charge in [0, 0.05) is 12.4 Å². The van der Waals surface area contributed by atoms with Crippen LogP contribution in [0.5, 0.6) is 5.75 Å². The maximum absolute atomic E-state index is 9.86. The number of benzene rings is 1. The van der Waals surface area contributed by atoms with E-state index in [1.165, 1.54) is 0 Å².